The number of hydrogen-bond acceptors (Lipinski definition) is 7. The molecule has 0 unspecified atom stereocenters. The molecule has 0 saturated heterocycles. The normalized spacial score (nSPS) is 10.8. The summed E-state index contributed by atoms with van der Waals surface area (Å²) in [4.78, 5) is 42.9. The van der Waals surface area contributed by atoms with E-state index in [4.69, 9.17) is 4.74 Å². The molecule has 1 amide bonds. The number of carbonyl (C=O) groups excluding carboxylic acids is 2. The fourth-order valence-corrected chi connectivity index (χ4v) is 3.89. The van der Waals surface area contributed by atoms with Crippen molar-refractivity contribution in [1.29, 1.82) is 0 Å². The van der Waals surface area contributed by atoms with E-state index in [-0.39, 0.29) is 6.54 Å². The minimum absolute atomic E-state index is 0.299. The molecule has 0 saturated carbocycles. The van der Waals surface area contributed by atoms with Crippen molar-refractivity contribution in [2.75, 3.05) is 11.9 Å². The van der Waals surface area contributed by atoms with Gasteiger partial charge in [0, 0.05) is 16.8 Å². The molecule has 0 fully saturated rings. The fourth-order valence-electron chi connectivity index (χ4n) is 2.97. The summed E-state index contributed by atoms with van der Waals surface area (Å²) < 4.78 is 7.64. The Morgan fingerprint density at radius 3 is 2.66 bits per heavy atom. The number of rotatable bonds is 7. The van der Waals surface area contributed by atoms with Crippen molar-refractivity contribution in [2.24, 2.45) is 7.05 Å². The van der Waals surface area contributed by atoms with Crippen LogP contribution in [0.4, 0.5) is 5.69 Å². The summed E-state index contributed by atoms with van der Waals surface area (Å²) in [5.74, 6) is -1.20. The maximum absolute atomic E-state index is 12.4. The number of ether oxygens (including phenoxy) is 1. The Balaban J connectivity index is 1.35. The summed E-state index contributed by atoms with van der Waals surface area (Å²) in [6, 6.07) is 17.1. The van der Waals surface area contributed by atoms with Gasteiger partial charge in [-0.3, -0.25) is 23.6 Å². The maximum Gasteiger partial charge on any atom is 0.326 e. The Labute approximate surface area is 187 Å². The molecule has 4 aromatic rings. The van der Waals surface area contributed by atoms with Gasteiger partial charge in [-0.05, 0) is 24.3 Å². The van der Waals surface area contributed by atoms with Gasteiger partial charge in [-0.15, -0.1) is 0 Å². The lowest BCUT2D eigenvalue weighted by Crippen LogP contribution is -2.28. The Morgan fingerprint density at radius 1 is 1.09 bits per heavy atom. The van der Waals surface area contributed by atoms with Gasteiger partial charge in [0.15, 0.2) is 12.3 Å². The molecule has 9 nitrogen and oxygen atoms in total. The summed E-state index contributed by atoms with van der Waals surface area (Å²) in [6.45, 7) is -0.828. The molecule has 0 aliphatic rings. The first-order valence-corrected chi connectivity index (χ1v) is 10.5. The van der Waals surface area contributed by atoms with Gasteiger partial charge < -0.3 is 10.1 Å². The molecule has 2 heterocycles. The minimum atomic E-state index is -0.723. The number of esters is 1. The zero-order chi connectivity index (χ0) is 22.5. The summed E-state index contributed by atoms with van der Waals surface area (Å²) >= 11 is 1.51. The molecular weight excluding hydrogens is 430 g/mol. The number of carbonyl (C=O) groups is 2. The summed E-state index contributed by atoms with van der Waals surface area (Å²) in [6.07, 6.45) is 2.65. The smallest absolute Gasteiger partial charge is 0.326 e. The van der Waals surface area contributed by atoms with Crippen molar-refractivity contribution in [3.8, 4) is 0 Å². The molecule has 2 aromatic carbocycles. The van der Waals surface area contributed by atoms with Gasteiger partial charge in [0.1, 0.15) is 18.3 Å². The van der Waals surface area contributed by atoms with Gasteiger partial charge in [0.25, 0.3) is 11.5 Å². The molecule has 4 rings (SSSR count). The van der Waals surface area contributed by atoms with Gasteiger partial charge >= 0.3 is 5.97 Å². The molecule has 32 heavy (non-hydrogen) atoms. The van der Waals surface area contributed by atoms with Gasteiger partial charge in [-0.1, -0.05) is 42.1 Å². The van der Waals surface area contributed by atoms with Crippen molar-refractivity contribution >= 4 is 40.4 Å². The number of nitrogens with one attached hydrogen (secondary N) is 1. The summed E-state index contributed by atoms with van der Waals surface area (Å²) in [7, 11) is 1.67. The Kier molecular flexibility index (Phi) is 6.31. The zero-order valence-corrected chi connectivity index (χ0v) is 17.9. The molecule has 1 N–H and O–H groups in total. The molecule has 162 valence electrons. The van der Waals surface area contributed by atoms with Crippen LogP contribution in [0.25, 0.3) is 11.0 Å². The number of aromatic nitrogens is 4. The van der Waals surface area contributed by atoms with E-state index >= 15 is 0 Å². The average Bonchev–Trinajstić information content (AvgIpc) is 3.18. The van der Waals surface area contributed by atoms with Crippen molar-refractivity contribution in [1.82, 2.24) is 19.3 Å². The molecular formula is C22H19N5O4S. The number of para-hydroxylation sites is 1. The van der Waals surface area contributed by atoms with Crippen LogP contribution in [0.15, 0.2) is 81.7 Å². The Bertz CT molecular complexity index is 1330. The first-order chi connectivity index (χ1) is 15.5. The van der Waals surface area contributed by atoms with E-state index in [9.17, 15) is 14.4 Å². The van der Waals surface area contributed by atoms with E-state index in [1.54, 1.807) is 13.1 Å². The second-order valence-corrected chi connectivity index (χ2v) is 7.92. The highest BCUT2D eigenvalue weighted by Crippen LogP contribution is 2.33. The molecule has 0 aliphatic carbocycles. The predicted octanol–water partition coefficient (Wildman–Crippen LogP) is 2.46. The number of hydrogen-bond donors (Lipinski definition) is 1. The van der Waals surface area contributed by atoms with Gasteiger partial charge in [0.2, 0.25) is 0 Å². The van der Waals surface area contributed by atoms with Crippen molar-refractivity contribution in [2.45, 2.75) is 16.3 Å². The van der Waals surface area contributed by atoms with Crippen LogP contribution in [0.5, 0.6) is 0 Å². The van der Waals surface area contributed by atoms with Crippen LogP contribution in [0.1, 0.15) is 0 Å². The van der Waals surface area contributed by atoms with Crippen LogP contribution in [0.3, 0.4) is 0 Å². The minimum Gasteiger partial charge on any atom is -0.454 e. The Hall–Kier alpha value is -3.92. The third kappa shape index (κ3) is 4.86. The average molecular weight is 449 g/mol. The second-order valence-electron chi connectivity index (χ2n) is 6.80. The number of aryl methyl sites for hydroxylation is 1. The van der Waals surface area contributed by atoms with E-state index in [1.165, 1.54) is 29.0 Å². The SMILES string of the molecule is Cn1ncc2c(=O)n(CC(=O)OCC(=O)Nc3ccccc3Sc3ccccc3)cnc21. The third-order valence-electron chi connectivity index (χ3n) is 4.51. The van der Waals surface area contributed by atoms with E-state index in [2.05, 4.69) is 15.4 Å². The summed E-state index contributed by atoms with van der Waals surface area (Å²) in [5, 5.41) is 7.04. The lowest BCUT2D eigenvalue weighted by Gasteiger charge is -2.11. The molecule has 0 spiro atoms. The van der Waals surface area contributed by atoms with Gasteiger partial charge in [0.05, 0.1) is 11.9 Å². The Morgan fingerprint density at radius 2 is 1.84 bits per heavy atom. The first-order valence-electron chi connectivity index (χ1n) is 9.66. The number of fused-ring (bicyclic) bond motifs is 1. The van der Waals surface area contributed by atoms with Crippen LogP contribution in [-0.4, -0.2) is 37.8 Å². The van der Waals surface area contributed by atoms with E-state index < -0.39 is 24.0 Å². The summed E-state index contributed by atoms with van der Waals surface area (Å²) in [5.41, 5.74) is 0.632. The van der Waals surface area contributed by atoms with Crippen molar-refractivity contribution < 1.29 is 14.3 Å². The van der Waals surface area contributed by atoms with Crippen molar-refractivity contribution in [3.05, 3.63) is 77.5 Å². The van der Waals surface area contributed by atoms with Crippen LogP contribution in [0.2, 0.25) is 0 Å². The lowest BCUT2D eigenvalue weighted by atomic mass is 10.3. The monoisotopic (exact) mass is 449 g/mol. The quantitative estimate of drug-likeness (QED) is 0.432. The van der Waals surface area contributed by atoms with Crippen molar-refractivity contribution in [3.63, 3.8) is 0 Å². The van der Waals surface area contributed by atoms with Crippen LogP contribution in [-0.2, 0) is 27.9 Å². The standard InChI is InChI=1S/C22H19N5O4S/c1-26-21-16(11-24-26)22(30)27(14-23-21)12-20(29)31-13-19(28)25-17-9-5-6-10-18(17)32-15-7-3-2-4-8-15/h2-11,14H,12-13H2,1H3,(H,25,28). The number of benzene rings is 2. The van der Waals surface area contributed by atoms with Gasteiger partial charge in [-0.25, -0.2) is 4.98 Å². The predicted molar refractivity (Wildman–Crippen MR) is 119 cm³/mol. The molecule has 2 aromatic heterocycles. The largest absolute Gasteiger partial charge is 0.454 e. The topological polar surface area (TPSA) is 108 Å². The van der Waals surface area contributed by atoms with E-state index in [1.807, 2.05) is 48.5 Å². The first kappa shape index (κ1) is 21.3. The highest BCUT2D eigenvalue weighted by molar-refractivity contribution is 7.99. The molecule has 0 radical (unpaired) electrons. The second kappa shape index (κ2) is 9.48. The van der Waals surface area contributed by atoms with Crippen LogP contribution in [0, 0.1) is 0 Å². The molecule has 0 bridgehead atoms. The highest BCUT2D eigenvalue weighted by atomic mass is 32.2. The number of amides is 1. The lowest BCUT2D eigenvalue weighted by molar-refractivity contribution is -0.147. The van der Waals surface area contributed by atoms with Gasteiger partial charge in [-0.2, -0.15) is 5.10 Å². The fraction of sp³-hybridized carbons (Fsp3) is 0.136. The van der Waals surface area contributed by atoms with Crippen LogP contribution < -0.4 is 10.9 Å². The van der Waals surface area contributed by atoms with E-state index in [0.717, 1.165) is 14.4 Å². The third-order valence-corrected chi connectivity index (χ3v) is 5.60. The zero-order valence-electron chi connectivity index (χ0n) is 17.1. The maximum atomic E-state index is 12.4. The molecule has 10 heteroatoms. The number of nitrogens with zero attached hydrogens (tertiary/aromatic N) is 4. The molecule has 0 atom stereocenters. The molecule has 0 aliphatic heterocycles. The van der Waals surface area contributed by atoms with E-state index in [0.29, 0.717) is 16.7 Å². The number of anilines is 1. The highest BCUT2D eigenvalue weighted by Gasteiger charge is 2.14. The van der Waals surface area contributed by atoms with Crippen LogP contribution >= 0.6 is 11.8 Å².